The standard InChI is InChI=1S/C16H23B2NO5/c1-16(2,3)23-15(20)19-10-13-11-6-4-7-12(22-9-5-8-17)14(11)18(21)24-13/h4,6-7,13,21H,5,8-10H2,1-3H3,(H,19,20). The SMILES string of the molecule is [B]CCCOc1cccc2c1B(O)OC2CNC(=O)OC(C)(C)C. The van der Waals surface area contributed by atoms with Gasteiger partial charge in [-0.2, -0.15) is 0 Å². The second kappa shape index (κ2) is 7.94. The van der Waals surface area contributed by atoms with Crippen LogP contribution in [0.25, 0.3) is 0 Å². The third-order valence-corrected chi connectivity index (χ3v) is 3.42. The molecule has 1 aliphatic rings. The van der Waals surface area contributed by atoms with E-state index in [-0.39, 0.29) is 6.54 Å². The number of rotatable bonds is 6. The Hall–Kier alpha value is -1.66. The summed E-state index contributed by atoms with van der Waals surface area (Å²) in [5.41, 5.74) is 0.830. The van der Waals surface area contributed by atoms with E-state index in [2.05, 4.69) is 5.32 Å². The zero-order valence-electron chi connectivity index (χ0n) is 14.4. The number of nitrogens with one attached hydrogen (secondary N) is 1. The fourth-order valence-corrected chi connectivity index (χ4v) is 2.44. The summed E-state index contributed by atoms with van der Waals surface area (Å²) in [5, 5.41) is 12.8. The molecule has 1 aromatic carbocycles. The van der Waals surface area contributed by atoms with E-state index in [1.807, 2.05) is 12.1 Å². The van der Waals surface area contributed by atoms with Gasteiger partial charge in [0, 0.05) is 12.0 Å². The number of alkyl carbamates (subject to hydrolysis) is 1. The molecule has 2 radical (unpaired) electrons. The van der Waals surface area contributed by atoms with Gasteiger partial charge in [0.2, 0.25) is 0 Å². The highest BCUT2D eigenvalue weighted by molar-refractivity contribution is 6.62. The van der Waals surface area contributed by atoms with Crippen LogP contribution in [0.1, 0.15) is 38.9 Å². The van der Waals surface area contributed by atoms with Gasteiger partial charge in [0.25, 0.3) is 0 Å². The van der Waals surface area contributed by atoms with Crippen molar-refractivity contribution in [1.82, 2.24) is 5.32 Å². The number of carbonyl (C=O) groups excluding carboxylic acids is 1. The molecule has 1 aromatic rings. The third kappa shape index (κ3) is 4.92. The van der Waals surface area contributed by atoms with Crippen molar-refractivity contribution in [1.29, 1.82) is 0 Å². The van der Waals surface area contributed by atoms with Crippen LogP contribution in [0.15, 0.2) is 18.2 Å². The summed E-state index contributed by atoms with van der Waals surface area (Å²) in [5.74, 6) is 0.577. The van der Waals surface area contributed by atoms with Gasteiger partial charge in [-0.25, -0.2) is 4.79 Å². The van der Waals surface area contributed by atoms with Crippen LogP contribution in [0, 0.1) is 0 Å². The van der Waals surface area contributed by atoms with Crippen LogP contribution in [0.4, 0.5) is 4.79 Å². The van der Waals surface area contributed by atoms with Crippen LogP contribution in [0.5, 0.6) is 5.75 Å². The maximum absolute atomic E-state index is 11.8. The Labute approximate surface area is 144 Å². The van der Waals surface area contributed by atoms with Crippen LogP contribution in [-0.2, 0) is 9.39 Å². The van der Waals surface area contributed by atoms with Gasteiger partial charge in [-0.05, 0) is 38.8 Å². The molecule has 1 atom stereocenters. The molecule has 0 saturated heterocycles. The quantitative estimate of drug-likeness (QED) is 0.607. The number of carbonyl (C=O) groups is 1. The average molecular weight is 331 g/mol. The number of hydrogen-bond donors (Lipinski definition) is 2. The van der Waals surface area contributed by atoms with Gasteiger partial charge in [0.1, 0.15) is 11.4 Å². The predicted octanol–water partition coefficient (Wildman–Crippen LogP) is 1.33. The summed E-state index contributed by atoms with van der Waals surface area (Å²) in [6.07, 6.45) is 0.283. The van der Waals surface area contributed by atoms with Crippen LogP contribution in [-0.4, -0.2) is 44.8 Å². The maximum Gasteiger partial charge on any atom is 0.495 e. The van der Waals surface area contributed by atoms with Crippen molar-refractivity contribution in [2.45, 2.75) is 45.2 Å². The third-order valence-electron chi connectivity index (χ3n) is 3.42. The van der Waals surface area contributed by atoms with Crippen molar-refractivity contribution in [2.75, 3.05) is 13.2 Å². The molecular weight excluding hydrogens is 308 g/mol. The predicted molar refractivity (Wildman–Crippen MR) is 92.8 cm³/mol. The fourth-order valence-electron chi connectivity index (χ4n) is 2.44. The smallest absolute Gasteiger partial charge is 0.494 e. The minimum absolute atomic E-state index is 0.200. The van der Waals surface area contributed by atoms with Crippen molar-refractivity contribution in [2.24, 2.45) is 0 Å². The Kier molecular flexibility index (Phi) is 6.18. The molecule has 0 aromatic heterocycles. The summed E-state index contributed by atoms with van der Waals surface area (Å²) < 4.78 is 16.4. The Balaban J connectivity index is 2.02. The minimum atomic E-state index is -1.08. The van der Waals surface area contributed by atoms with E-state index >= 15 is 0 Å². The van der Waals surface area contributed by atoms with Gasteiger partial charge in [0.05, 0.1) is 20.6 Å². The monoisotopic (exact) mass is 331 g/mol. The highest BCUT2D eigenvalue weighted by Gasteiger charge is 2.38. The number of amides is 1. The van der Waals surface area contributed by atoms with E-state index in [1.165, 1.54) is 0 Å². The summed E-state index contributed by atoms with van der Waals surface area (Å²) in [4.78, 5) is 11.8. The molecule has 1 aliphatic heterocycles. The van der Waals surface area contributed by atoms with Crippen molar-refractivity contribution >= 4 is 26.5 Å². The summed E-state index contributed by atoms with van der Waals surface area (Å²) >= 11 is 0. The lowest BCUT2D eigenvalue weighted by molar-refractivity contribution is 0.0498. The van der Waals surface area contributed by atoms with Crippen LogP contribution in [0.3, 0.4) is 0 Å². The van der Waals surface area contributed by atoms with Gasteiger partial charge in [-0.15, -0.1) is 0 Å². The summed E-state index contributed by atoms with van der Waals surface area (Å²) in [6.45, 7) is 6.06. The number of ether oxygens (including phenoxy) is 2. The Morgan fingerprint density at radius 3 is 2.88 bits per heavy atom. The molecule has 0 fully saturated rings. The number of benzene rings is 1. The van der Waals surface area contributed by atoms with E-state index in [1.54, 1.807) is 26.8 Å². The van der Waals surface area contributed by atoms with Crippen molar-refractivity contribution < 1.29 is 23.9 Å². The van der Waals surface area contributed by atoms with Crippen LogP contribution in [0.2, 0.25) is 6.32 Å². The molecule has 0 aliphatic carbocycles. The fraction of sp³-hybridized carbons (Fsp3) is 0.562. The second-order valence-corrected chi connectivity index (χ2v) is 6.61. The van der Waals surface area contributed by atoms with Crippen LogP contribution < -0.4 is 15.5 Å². The molecule has 8 heteroatoms. The Morgan fingerprint density at radius 2 is 2.21 bits per heavy atom. The molecular formula is C16H23B2NO5. The number of fused-ring (bicyclic) bond motifs is 1. The van der Waals surface area contributed by atoms with Gasteiger partial charge >= 0.3 is 13.2 Å². The molecule has 0 saturated carbocycles. The molecule has 1 amide bonds. The second-order valence-electron chi connectivity index (χ2n) is 6.61. The Morgan fingerprint density at radius 1 is 1.46 bits per heavy atom. The molecule has 6 nitrogen and oxygen atoms in total. The topological polar surface area (TPSA) is 77.0 Å². The molecule has 24 heavy (non-hydrogen) atoms. The van der Waals surface area contributed by atoms with Gasteiger partial charge < -0.3 is 24.5 Å². The first-order valence-electron chi connectivity index (χ1n) is 8.08. The van der Waals surface area contributed by atoms with E-state index in [4.69, 9.17) is 22.0 Å². The summed E-state index contributed by atoms with van der Waals surface area (Å²) in [7, 11) is 4.38. The zero-order chi connectivity index (χ0) is 17.7. The van der Waals surface area contributed by atoms with Crippen molar-refractivity contribution in [3.8, 4) is 5.75 Å². The molecule has 2 N–H and O–H groups in total. The molecule has 1 unspecified atom stereocenters. The van der Waals surface area contributed by atoms with E-state index < -0.39 is 24.9 Å². The minimum Gasteiger partial charge on any atom is -0.494 e. The number of hydrogen-bond acceptors (Lipinski definition) is 5. The van der Waals surface area contributed by atoms with E-state index in [9.17, 15) is 9.82 Å². The van der Waals surface area contributed by atoms with Crippen molar-refractivity contribution in [3.05, 3.63) is 23.8 Å². The van der Waals surface area contributed by atoms with E-state index in [0.29, 0.717) is 24.1 Å². The van der Waals surface area contributed by atoms with E-state index in [0.717, 1.165) is 12.0 Å². The lowest BCUT2D eigenvalue weighted by Crippen LogP contribution is -2.35. The largest absolute Gasteiger partial charge is 0.495 e. The van der Waals surface area contributed by atoms with Gasteiger partial charge in [0.15, 0.2) is 0 Å². The summed E-state index contributed by atoms with van der Waals surface area (Å²) in [6, 6.07) is 5.47. The average Bonchev–Trinajstić information content (AvgIpc) is 2.81. The van der Waals surface area contributed by atoms with Gasteiger partial charge in [-0.1, -0.05) is 18.5 Å². The Bertz CT molecular complexity index is 576. The maximum atomic E-state index is 11.8. The molecule has 2 rings (SSSR count). The molecule has 1 heterocycles. The molecule has 0 bridgehead atoms. The first kappa shape index (κ1) is 18.7. The first-order valence-corrected chi connectivity index (χ1v) is 8.08. The highest BCUT2D eigenvalue weighted by atomic mass is 16.6. The lowest BCUT2D eigenvalue weighted by atomic mass is 9.78. The zero-order valence-corrected chi connectivity index (χ0v) is 14.4. The van der Waals surface area contributed by atoms with Crippen LogP contribution >= 0.6 is 0 Å². The molecule has 0 spiro atoms. The normalized spacial score (nSPS) is 16.7. The van der Waals surface area contributed by atoms with Crippen molar-refractivity contribution in [3.63, 3.8) is 0 Å². The lowest BCUT2D eigenvalue weighted by Gasteiger charge is -2.21. The first-order chi connectivity index (χ1) is 11.3. The molecule has 128 valence electrons. The van der Waals surface area contributed by atoms with Gasteiger partial charge in [-0.3, -0.25) is 0 Å². The highest BCUT2D eigenvalue weighted by Crippen LogP contribution is 2.27.